The molecule has 1 N–H and O–H groups in total. The van der Waals surface area contributed by atoms with Gasteiger partial charge in [0.25, 0.3) is 0 Å². The summed E-state index contributed by atoms with van der Waals surface area (Å²) in [7, 11) is 0. The molecule has 7 nitrogen and oxygen atoms in total. The van der Waals surface area contributed by atoms with Gasteiger partial charge >= 0.3 is 6.09 Å². The van der Waals surface area contributed by atoms with Crippen LogP contribution in [0.4, 0.5) is 15.0 Å². The van der Waals surface area contributed by atoms with Crippen LogP contribution in [0.3, 0.4) is 0 Å². The molecule has 1 fully saturated rings. The Kier molecular flexibility index (Phi) is 5.48. The van der Waals surface area contributed by atoms with Crippen LogP contribution in [0.1, 0.15) is 19.8 Å². The lowest BCUT2D eigenvalue weighted by Gasteiger charge is -2.31. The summed E-state index contributed by atoms with van der Waals surface area (Å²) in [5, 5.41) is 4.87. The molecule has 1 aromatic carbocycles. The second-order valence-electron chi connectivity index (χ2n) is 6.84. The molecular formula is C20H21FN4O3S. The highest BCUT2D eigenvalue weighted by atomic mass is 32.1. The normalized spacial score (nSPS) is 16.8. The van der Waals surface area contributed by atoms with Crippen LogP contribution in [0.2, 0.25) is 0 Å². The van der Waals surface area contributed by atoms with E-state index in [1.54, 1.807) is 24.0 Å². The van der Waals surface area contributed by atoms with Gasteiger partial charge in [0.15, 0.2) is 4.96 Å². The smallest absolute Gasteiger partial charge is 0.409 e. The number of hydrogen-bond donors (Lipinski definition) is 1. The summed E-state index contributed by atoms with van der Waals surface area (Å²) in [5.41, 5.74) is 1.30. The molecule has 29 heavy (non-hydrogen) atoms. The molecule has 0 saturated carbocycles. The third-order valence-electron chi connectivity index (χ3n) is 4.94. The summed E-state index contributed by atoms with van der Waals surface area (Å²) in [6.45, 7) is 2.97. The molecule has 0 unspecified atom stereocenters. The second kappa shape index (κ2) is 8.20. The van der Waals surface area contributed by atoms with Crippen molar-refractivity contribution in [2.24, 2.45) is 5.92 Å². The number of halogens is 1. The average molecular weight is 416 g/mol. The van der Waals surface area contributed by atoms with Gasteiger partial charge in [0.05, 0.1) is 12.5 Å². The molecule has 3 aromatic rings. The van der Waals surface area contributed by atoms with E-state index in [4.69, 9.17) is 4.74 Å². The molecule has 9 heteroatoms. The fourth-order valence-electron chi connectivity index (χ4n) is 3.50. The third-order valence-corrected chi connectivity index (χ3v) is 5.70. The summed E-state index contributed by atoms with van der Waals surface area (Å²) in [6.07, 6.45) is 2.88. The summed E-state index contributed by atoms with van der Waals surface area (Å²) in [5.74, 6) is -0.290. The van der Waals surface area contributed by atoms with Crippen LogP contribution >= 0.6 is 11.3 Å². The first-order chi connectivity index (χ1) is 14.1. The number of amides is 2. The number of carbonyl (C=O) groups excluding carboxylic acids is 2. The van der Waals surface area contributed by atoms with E-state index in [2.05, 4.69) is 10.3 Å². The standard InChI is InChI=1S/C20H21FN4O3S/c1-2-28-20(27)24-9-3-4-14(12-24)18(26)23-17-16(13-5-7-15(21)8-6-13)22-19-25(17)10-11-29-19/h5-8,10-11,14H,2-4,9,12H2,1H3,(H,23,26)/t14-/m0/s1. The topological polar surface area (TPSA) is 75.9 Å². The van der Waals surface area contributed by atoms with E-state index in [0.717, 1.165) is 16.9 Å². The van der Waals surface area contributed by atoms with E-state index in [0.29, 0.717) is 37.6 Å². The minimum absolute atomic E-state index is 0.171. The van der Waals surface area contributed by atoms with Crippen molar-refractivity contribution < 1.29 is 18.7 Å². The van der Waals surface area contributed by atoms with Crippen molar-refractivity contribution in [1.82, 2.24) is 14.3 Å². The molecular weight excluding hydrogens is 395 g/mol. The van der Waals surface area contributed by atoms with Crippen LogP contribution in [0.25, 0.3) is 16.2 Å². The van der Waals surface area contributed by atoms with Gasteiger partial charge in [-0.25, -0.2) is 14.2 Å². The van der Waals surface area contributed by atoms with Crippen LogP contribution < -0.4 is 5.32 Å². The van der Waals surface area contributed by atoms with Gasteiger partial charge in [-0.15, -0.1) is 11.3 Å². The zero-order valence-corrected chi connectivity index (χ0v) is 16.7. The first kappa shape index (κ1) is 19.4. The van der Waals surface area contributed by atoms with E-state index in [9.17, 15) is 14.0 Å². The van der Waals surface area contributed by atoms with Gasteiger partial charge in [0.2, 0.25) is 5.91 Å². The molecule has 4 rings (SSSR count). The third kappa shape index (κ3) is 3.95. The SMILES string of the molecule is CCOC(=O)N1CCC[C@H](C(=O)Nc2c(-c3ccc(F)cc3)nc3sccn23)C1. The fraction of sp³-hybridized carbons (Fsp3) is 0.350. The number of carbonyl (C=O) groups is 2. The van der Waals surface area contributed by atoms with Crippen molar-refractivity contribution in [3.63, 3.8) is 0 Å². The van der Waals surface area contributed by atoms with Crippen molar-refractivity contribution in [2.45, 2.75) is 19.8 Å². The Balaban J connectivity index is 1.58. The predicted molar refractivity (Wildman–Crippen MR) is 108 cm³/mol. The highest BCUT2D eigenvalue weighted by molar-refractivity contribution is 7.15. The fourth-order valence-corrected chi connectivity index (χ4v) is 4.22. The van der Waals surface area contributed by atoms with Crippen LogP contribution in [0.15, 0.2) is 35.8 Å². The van der Waals surface area contributed by atoms with Crippen molar-refractivity contribution in [3.8, 4) is 11.3 Å². The monoisotopic (exact) mass is 416 g/mol. The Hall–Kier alpha value is -2.94. The summed E-state index contributed by atoms with van der Waals surface area (Å²) >= 11 is 1.45. The van der Waals surface area contributed by atoms with Crippen LogP contribution in [-0.4, -0.2) is 46.0 Å². The van der Waals surface area contributed by atoms with Gasteiger partial charge < -0.3 is 15.0 Å². The summed E-state index contributed by atoms with van der Waals surface area (Å²) in [4.78, 5) is 31.9. The van der Waals surface area contributed by atoms with Crippen molar-refractivity contribution >= 4 is 34.1 Å². The van der Waals surface area contributed by atoms with Crippen molar-refractivity contribution in [3.05, 3.63) is 41.7 Å². The number of nitrogens with zero attached hydrogens (tertiary/aromatic N) is 3. The Labute approximate surface area is 171 Å². The molecule has 1 aliphatic rings. The number of anilines is 1. The first-order valence-corrected chi connectivity index (χ1v) is 10.4. The molecule has 152 valence electrons. The molecule has 1 saturated heterocycles. The molecule has 0 spiro atoms. The lowest BCUT2D eigenvalue weighted by Crippen LogP contribution is -2.44. The van der Waals surface area contributed by atoms with Gasteiger partial charge in [-0.05, 0) is 44.0 Å². The van der Waals surface area contributed by atoms with E-state index in [1.807, 2.05) is 16.0 Å². The van der Waals surface area contributed by atoms with Crippen molar-refractivity contribution in [1.29, 1.82) is 0 Å². The minimum Gasteiger partial charge on any atom is -0.450 e. The molecule has 0 radical (unpaired) electrons. The number of aromatic nitrogens is 2. The number of fused-ring (bicyclic) bond motifs is 1. The number of hydrogen-bond acceptors (Lipinski definition) is 5. The Morgan fingerprint density at radius 2 is 2.14 bits per heavy atom. The molecule has 2 aromatic heterocycles. The molecule has 3 heterocycles. The zero-order chi connectivity index (χ0) is 20.4. The lowest BCUT2D eigenvalue weighted by molar-refractivity contribution is -0.121. The van der Waals surface area contributed by atoms with Crippen molar-refractivity contribution in [2.75, 3.05) is 25.0 Å². The maximum absolute atomic E-state index is 13.3. The predicted octanol–water partition coefficient (Wildman–Crippen LogP) is 4.01. The number of thiazole rings is 1. The van der Waals surface area contributed by atoms with Crippen LogP contribution in [-0.2, 0) is 9.53 Å². The van der Waals surface area contributed by atoms with Gasteiger partial charge in [-0.1, -0.05) is 0 Å². The summed E-state index contributed by atoms with van der Waals surface area (Å²) < 4.78 is 20.2. The molecule has 1 atom stereocenters. The minimum atomic E-state index is -0.387. The number of imidazole rings is 1. The van der Waals surface area contributed by atoms with Gasteiger partial charge in [0, 0.05) is 30.2 Å². The van der Waals surface area contributed by atoms with Crippen LogP contribution in [0.5, 0.6) is 0 Å². The number of nitrogens with one attached hydrogen (secondary N) is 1. The Bertz CT molecular complexity index is 1030. The molecule has 2 amide bonds. The van der Waals surface area contributed by atoms with E-state index >= 15 is 0 Å². The highest BCUT2D eigenvalue weighted by Gasteiger charge is 2.30. The van der Waals surface area contributed by atoms with E-state index < -0.39 is 0 Å². The molecule has 0 bridgehead atoms. The second-order valence-corrected chi connectivity index (χ2v) is 7.72. The Morgan fingerprint density at radius 3 is 2.90 bits per heavy atom. The highest BCUT2D eigenvalue weighted by Crippen LogP contribution is 2.31. The van der Waals surface area contributed by atoms with Gasteiger partial charge in [-0.2, -0.15) is 0 Å². The van der Waals surface area contributed by atoms with Crippen LogP contribution in [0, 0.1) is 11.7 Å². The van der Waals surface area contributed by atoms with E-state index in [1.165, 1.54) is 23.5 Å². The van der Waals surface area contributed by atoms with Gasteiger partial charge in [-0.3, -0.25) is 9.20 Å². The number of likely N-dealkylation sites (tertiary alicyclic amines) is 1. The van der Waals surface area contributed by atoms with E-state index in [-0.39, 0.29) is 23.7 Å². The first-order valence-electron chi connectivity index (χ1n) is 9.51. The average Bonchev–Trinajstić information content (AvgIpc) is 3.31. The number of benzene rings is 1. The molecule has 1 aliphatic heterocycles. The Morgan fingerprint density at radius 1 is 1.34 bits per heavy atom. The summed E-state index contributed by atoms with van der Waals surface area (Å²) in [6, 6.07) is 6.01. The zero-order valence-electron chi connectivity index (χ0n) is 15.9. The van der Waals surface area contributed by atoms with Gasteiger partial charge in [0.1, 0.15) is 17.3 Å². The maximum atomic E-state index is 13.3. The quantitative estimate of drug-likeness (QED) is 0.697. The molecule has 0 aliphatic carbocycles. The lowest BCUT2D eigenvalue weighted by atomic mass is 9.97. The maximum Gasteiger partial charge on any atom is 0.409 e. The number of ether oxygens (including phenoxy) is 1. The largest absolute Gasteiger partial charge is 0.450 e. The number of piperidine rings is 1. The number of rotatable bonds is 4.